The van der Waals surface area contributed by atoms with E-state index in [1.807, 2.05) is 0 Å². The maximum Gasteiger partial charge on any atom is 0.257 e. The van der Waals surface area contributed by atoms with Crippen LogP contribution in [-0.2, 0) is 0 Å². The smallest absolute Gasteiger partial charge is 0.257 e. The summed E-state index contributed by atoms with van der Waals surface area (Å²) >= 11 is 5.84. The molecule has 2 rings (SSSR count). The van der Waals surface area contributed by atoms with Crippen molar-refractivity contribution in [3.63, 3.8) is 0 Å². The molecule has 0 aromatic heterocycles. The van der Waals surface area contributed by atoms with E-state index in [0.717, 1.165) is 25.7 Å². The third kappa shape index (κ3) is 3.25. The van der Waals surface area contributed by atoms with Crippen molar-refractivity contribution in [1.82, 2.24) is 4.90 Å². The molecule has 1 atom stereocenters. The summed E-state index contributed by atoms with van der Waals surface area (Å²) in [5.41, 5.74) is 5.63. The van der Waals surface area contributed by atoms with Crippen molar-refractivity contribution in [2.45, 2.75) is 31.7 Å². The van der Waals surface area contributed by atoms with E-state index < -0.39 is 5.82 Å². The summed E-state index contributed by atoms with van der Waals surface area (Å²) in [5, 5.41) is 0.372. The van der Waals surface area contributed by atoms with Gasteiger partial charge in [0, 0.05) is 17.6 Å². The van der Waals surface area contributed by atoms with Gasteiger partial charge in [-0.1, -0.05) is 11.6 Å². The van der Waals surface area contributed by atoms with Gasteiger partial charge in [-0.25, -0.2) is 4.39 Å². The van der Waals surface area contributed by atoms with E-state index in [4.69, 9.17) is 17.3 Å². The lowest BCUT2D eigenvalue weighted by Gasteiger charge is -2.35. The Morgan fingerprint density at radius 3 is 3.00 bits per heavy atom. The molecule has 0 saturated carbocycles. The molecule has 1 heterocycles. The average Bonchev–Trinajstić information content (AvgIpc) is 2.42. The lowest BCUT2D eigenvalue weighted by Crippen LogP contribution is -2.44. The van der Waals surface area contributed by atoms with Gasteiger partial charge in [0.2, 0.25) is 0 Å². The van der Waals surface area contributed by atoms with Crippen LogP contribution in [0, 0.1) is 5.82 Å². The summed E-state index contributed by atoms with van der Waals surface area (Å²) in [6, 6.07) is 4.19. The van der Waals surface area contributed by atoms with Crippen LogP contribution in [0.2, 0.25) is 5.02 Å². The summed E-state index contributed by atoms with van der Waals surface area (Å²) in [7, 11) is 0. The molecule has 0 spiro atoms. The van der Waals surface area contributed by atoms with Gasteiger partial charge < -0.3 is 10.6 Å². The summed E-state index contributed by atoms with van der Waals surface area (Å²) in [4.78, 5) is 14.2. The first-order valence-corrected chi connectivity index (χ1v) is 6.97. The van der Waals surface area contributed by atoms with Crippen LogP contribution < -0.4 is 5.73 Å². The van der Waals surface area contributed by atoms with Crippen LogP contribution in [-0.4, -0.2) is 29.9 Å². The molecule has 0 aliphatic carbocycles. The van der Waals surface area contributed by atoms with Crippen LogP contribution >= 0.6 is 11.6 Å². The summed E-state index contributed by atoms with van der Waals surface area (Å²) < 4.78 is 13.8. The Bertz CT molecular complexity index is 465. The number of halogens is 2. The molecule has 1 saturated heterocycles. The van der Waals surface area contributed by atoms with E-state index in [0.29, 0.717) is 18.1 Å². The number of nitrogens with zero attached hydrogens (tertiary/aromatic N) is 1. The minimum absolute atomic E-state index is 0.0522. The molecule has 1 aliphatic heterocycles. The van der Waals surface area contributed by atoms with Gasteiger partial charge >= 0.3 is 0 Å². The van der Waals surface area contributed by atoms with Crippen LogP contribution in [0.5, 0.6) is 0 Å². The number of rotatable bonds is 3. The van der Waals surface area contributed by atoms with E-state index in [1.165, 1.54) is 18.2 Å². The lowest BCUT2D eigenvalue weighted by molar-refractivity contribution is 0.0600. The van der Waals surface area contributed by atoms with Gasteiger partial charge in [-0.05, 0) is 50.4 Å². The van der Waals surface area contributed by atoms with Crippen molar-refractivity contribution >= 4 is 17.5 Å². The van der Waals surface area contributed by atoms with Crippen molar-refractivity contribution in [3.05, 3.63) is 34.6 Å². The van der Waals surface area contributed by atoms with Crippen LogP contribution in [0.4, 0.5) is 4.39 Å². The normalized spacial score (nSPS) is 19.5. The quantitative estimate of drug-likeness (QED) is 0.928. The Morgan fingerprint density at radius 2 is 2.26 bits per heavy atom. The molecule has 1 aromatic carbocycles. The predicted octanol–water partition coefficient (Wildman–Crippen LogP) is 2.82. The standard InChI is InChI=1S/C14H18ClFN2O/c15-10-4-5-13(16)12(9-10)14(19)18-8-2-1-3-11(18)6-7-17/h4-5,9,11H,1-3,6-8,17H2/t11-/m0/s1. The monoisotopic (exact) mass is 284 g/mol. The Labute approximate surface area is 117 Å². The maximum atomic E-state index is 13.8. The third-order valence-electron chi connectivity index (χ3n) is 3.55. The van der Waals surface area contributed by atoms with E-state index >= 15 is 0 Å². The first kappa shape index (κ1) is 14.3. The molecule has 1 aliphatic rings. The SMILES string of the molecule is NCC[C@@H]1CCCCN1C(=O)c1cc(Cl)ccc1F. The fourth-order valence-corrected chi connectivity index (χ4v) is 2.75. The molecule has 0 unspecified atom stereocenters. The van der Waals surface area contributed by atoms with Gasteiger partial charge in [0.05, 0.1) is 5.56 Å². The van der Waals surface area contributed by atoms with E-state index in [1.54, 1.807) is 4.90 Å². The van der Waals surface area contributed by atoms with Gasteiger partial charge in [0.25, 0.3) is 5.91 Å². The Balaban J connectivity index is 2.23. The first-order chi connectivity index (χ1) is 9.13. The van der Waals surface area contributed by atoms with Crippen molar-refractivity contribution < 1.29 is 9.18 Å². The van der Waals surface area contributed by atoms with E-state index in [-0.39, 0.29) is 17.5 Å². The number of nitrogens with two attached hydrogens (primary N) is 1. The van der Waals surface area contributed by atoms with E-state index in [2.05, 4.69) is 0 Å². The number of likely N-dealkylation sites (tertiary alicyclic amines) is 1. The second-order valence-corrected chi connectivity index (χ2v) is 5.29. The maximum absolute atomic E-state index is 13.8. The minimum Gasteiger partial charge on any atom is -0.336 e. The van der Waals surface area contributed by atoms with Crippen LogP contribution in [0.25, 0.3) is 0 Å². The zero-order valence-electron chi connectivity index (χ0n) is 10.7. The molecular weight excluding hydrogens is 267 g/mol. The first-order valence-electron chi connectivity index (χ1n) is 6.59. The van der Waals surface area contributed by atoms with Crippen molar-refractivity contribution in [3.8, 4) is 0 Å². The average molecular weight is 285 g/mol. The second-order valence-electron chi connectivity index (χ2n) is 4.85. The number of hydrogen-bond donors (Lipinski definition) is 1. The number of carbonyl (C=O) groups excluding carboxylic acids is 1. The van der Waals surface area contributed by atoms with Gasteiger partial charge in [0.1, 0.15) is 5.82 Å². The molecule has 3 nitrogen and oxygen atoms in total. The van der Waals surface area contributed by atoms with Crippen LogP contribution in [0.15, 0.2) is 18.2 Å². The zero-order valence-corrected chi connectivity index (χ0v) is 11.5. The highest BCUT2D eigenvalue weighted by atomic mass is 35.5. The molecule has 2 N–H and O–H groups in total. The van der Waals surface area contributed by atoms with Crippen LogP contribution in [0.3, 0.4) is 0 Å². The molecular formula is C14H18ClFN2O. The number of hydrogen-bond acceptors (Lipinski definition) is 2. The highest BCUT2D eigenvalue weighted by Gasteiger charge is 2.28. The summed E-state index contributed by atoms with van der Waals surface area (Å²) in [6.07, 6.45) is 3.74. The second kappa shape index (κ2) is 6.35. The Hall–Kier alpha value is -1.13. The largest absolute Gasteiger partial charge is 0.336 e. The molecule has 1 fully saturated rings. The van der Waals surface area contributed by atoms with Crippen molar-refractivity contribution in [1.29, 1.82) is 0 Å². The topological polar surface area (TPSA) is 46.3 Å². The third-order valence-corrected chi connectivity index (χ3v) is 3.78. The molecule has 104 valence electrons. The number of piperidine rings is 1. The molecule has 1 aromatic rings. The van der Waals surface area contributed by atoms with Gasteiger partial charge in [-0.3, -0.25) is 4.79 Å². The fraction of sp³-hybridized carbons (Fsp3) is 0.500. The van der Waals surface area contributed by atoms with Crippen molar-refractivity contribution in [2.24, 2.45) is 5.73 Å². The molecule has 0 radical (unpaired) electrons. The number of carbonyl (C=O) groups is 1. The van der Waals surface area contributed by atoms with Gasteiger partial charge in [0.15, 0.2) is 0 Å². The molecule has 0 bridgehead atoms. The molecule has 19 heavy (non-hydrogen) atoms. The zero-order chi connectivity index (χ0) is 13.8. The number of benzene rings is 1. The highest BCUT2D eigenvalue weighted by molar-refractivity contribution is 6.31. The molecule has 1 amide bonds. The Morgan fingerprint density at radius 1 is 1.47 bits per heavy atom. The predicted molar refractivity (Wildman–Crippen MR) is 73.8 cm³/mol. The fourth-order valence-electron chi connectivity index (χ4n) is 2.58. The van der Waals surface area contributed by atoms with Gasteiger partial charge in [-0.15, -0.1) is 0 Å². The highest BCUT2D eigenvalue weighted by Crippen LogP contribution is 2.24. The van der Waals surface area contributed by atoms with E-state index in [9.17, 15) is 9.18 Å². The van der Waals surface area contributed by atoms with Crippen LogP contribution in [0.1, 0.15) is 36.0 Å². The summed E-state index contributed by atoms with van der Waals surface area (Å²) in [6.45, 7) is 1.20. The van der Waals surface area contributed by atoms with Gasteiger partial charge in [-0.2, -0.15) is 0 Å². The minimum atomic E-state index is -0.522. The molecule has 5 heteroatoms. The van der Waals surface area contributed by atoms with Crippen molar-refractivity contribution in [2.75, 3.05) is 13.1 Å². The lowest BCUT2D eigenvalue weighted by atomic mass is 9.98. The Kier molecular flexibility index (Phi) is 4.77. The summed E-state index contributed by atoms with van der Waals surface area (Å²) in [5.74, 6) is -0.801. The number of amides is 1.